The van der Waals surface area contributed by atoms with Crippen molar-refractivity contribution in [1.29, 1.82) is 0 Å². The second-order valence-electron chi connectivity index (χ2n) is 9.43. The highest BCUT2D eigenvalue weighted by Crippen LogP contribution is 2.46. The number of piperidine rings is 1. The number of guanidine groups is 1. The van der Waals surface area contributed by atoms with E-state index in [1.165, 1.54) is 38.8 Å². The maximum Gasteiger partial charge on any atom is 0.194 e. The van der Waals surface area contributed by atoms with Crippen LogP contribution >= 0.6 is 0 Å². The van der Waals surface area contributed by atoms with Gasteiger partial charge in [-0.25, -0.2) is 0 Å². The Labute approximate surface area is 171 Å². The van der Waals surface area contributed by atoms with Crippen LogP contribution in [-0.2, 0) is 0 Å². The lowest BCUT2D eigenvalue weighted by molar-refractivity contribution is 0.0823. The minimum atomic E-state index is -0.0762. The molecule has 2 aliphatic carbocycles. The fourth-order valence-corrected chi connectivity index (χ4v) is 5.97. The lowest BCUT2D eigenvalue weighted by atomic mass is 9.93. The standard InChI is InChI=1S/C22H41N5O/c1-2-23-22(24-8-3-9-25-10-6-20(28)7-11-25)27-14-12-26(13-15-27)21-17-18-4-5-19(21)16-18/h18-21,28H,2-17H2,1H3,(H,23,24). The zero-order valence-electron chi connectivity index (χ0n) is 17.9. The molecule has 28 heavy (non-hydrogen) atoms. The van der Waals surface area contributed by atoms with Crippen LogP contribution in [0.5, 0.6) is 0 Å². The molecule has 6 nitrogen and oxygen atoms in total. The normalized spacial score (nSPS) is 33.0. The quantitative estimate of drug-likeness (QED) is 0.409. The molecule has 2 N–H and O–H groups in total. The fraction of sp³-hybridized carbons (Fsp3) is 0.955. The molecular weight excluding hydrogens is 350 g/mol. The molecule has 2 heterocycles. The van der Waals surface area contributed by atoms with Gasteiger partial charge in [-0.05, 0) is 63.8 Å². The van der Waals surface area contributed by atoms with E-state index in [4.69, 9.17) is 4.99 Å². The molecule has 4 aliphatic rings. The summed E-state index contributed by atoms with van der Waals surface area (Å²) in [7, 11) is 0. The van der Waals surface area contributed by atoms with Gasteiger partial charge in [0.2, 0.25) is 0 Å². The van der Waals surface area contributed by atoms with E-state index >= 15 is 0 Å². The summed E-state index contributed by atoms with van der Waals surface area (Å²) in [5, 5.41) is 13.1. The number of hydrogen-bond donors (Lipinski definition) is 2. The number of hydrogen-bond acceptors (Lipinski definition) is 4. The van der Waals surface area contributed by atoms with Crippen molar-refractivity contribution in [3.8, 4) is 0 Å². The predicted octanol–water partition coefficient (Wildman–Crippen LogP) is 1.60. The first-order valence-corrected chi connectivity index (χ1v) is 11.9. The largest absolute Gasteiger partial charge is 0.393 e. The van der Waals surface area contributed by atoms with Crippen molar-refractivity contribution in [2.45, 2.75) is 64.0 Å². The minimum Gasteiger partial charge on any atom is -0.393 e. The van der Waals surface area contributed by atoms with Gasteiger partial charge in [-0.3, -0.25) is 9.89 Å². The summed E-state index contributed by atoms with van der Waals surface area (Å²) in [6, 6.07) is 0.878. The molecule has 3 atom stereocenters. The van der Waals surface area contributed by atoms with E-state index in [9.17, 15) is 5.11 Å². The molecule has 2 saturated heterocycles. The second kappa shape index (κ2) is 9.77. The Hall–Kier alpha value is -0.850. The van der Waals surface area contributed by atoms with Crippen molar-refractivity contribution in [1.82, 2.24) is 20.0 Å². The fourth-order valence-electron chi connectivity index (χ4n) is 5.97. The maximum absolute atomic E-state index is 9.63. The van der Waals surface area contributed by atoms with Gasteiger partial charge in [0.1, 0.15) is 0 Å². The van der Waals surface area contributed by atoms with E-state index in [0.29, 0.717) is 0 Å². The third kappa shape index (κ3) is 5.00. The third-order valence-corrected chi connectivity index (χ3v) is 7.57. The van der Waals surface area contributed by atoms with E-state index in [1.807, 2.05) is 0 Å². The summed E-state index contributed by atoms with van der Waals surface area (Å²) in [5.41, 5.74) is 0. The zero-order chi connectivity index (χ0) is 19.3. The number of aliphatic imine (C=N–C) groups is 1. The monoisotopic (exact) mass is 391 g/mol. The van der Waals surface area contributed by atoms with Crippen LogP contribution in [0.1, 0.15) is 51.9 Å². The second-order valence-corrected chi connectivity index (χ2v) is 9.43. The van der Waals surface area contributed by atoms with Crippen molar-refractivity contribution in [2.24, 2.45) is 16.8 Å². The van der Waals surface area contributed by atoms with Crippen molar-refractivity contribution >= 4 is 5.96 Å². The summed E-state index contributed by atoms with van der Waals surface area (Å²) < 4.78 is 0. The summed E-state index contributed by atoms with van der Waals surface area (Å²) in [5.74, 6) is 3.15. The van der Waals surface area contributed by atoms with E-state index in [0.717, 1.165) is 88.9 Å². The molecule has 6 heteroatoms. The van der Waals surface area contributed by atoms with Gasteiger partial charge in [-0.1, -0.05) is 6.42 Å². The molecule has 0 radical (unpaired) electrons. The first-order valence-electron chi connectivity index (χ1n) is 11.9. The van der Waals surface area contributed by atoms with Crippen LogP contribution < -0.4 is 5.32 Å². The van der Waals surface area contributed by atoms with Gasteiger partial charge in [0.05, 0.1) is 6.10 Å². The SMILES string of the molecule is CCNC(=NCCCN1CCC(O)CC1)N1CCN(C2CC3CCC2C3)CC1. The first kappa shape index (κ1) is 20.4. The molecule has 0 aromatic carbocycles. The summed E-state index contributed by atoms with van der Waals surface area (Å²) in [4.78, 5) is 12.7. The Morgan fingerprint density at radius 3 is 2.43 bits per heavy atom. The Morgan fingerprint density at radius 2 is 1.79 bits per heavy atom. The molecule has 0 aromatic rings. The molecule has 0 aromatic heterocycles. The average molecular weight is 392 g/mol. The number of fused-ring (bicyclic) bond motifs is 2. The number of likely N-dealkylation sites (tertiary alicyclic amines) is 1. The lowest BCUT2D eigenvalue weighted by Crippen LogP contribution is -2.55. The number of nitrogens with zero attached hydrogens (tertiary/aromatic N) is 4. The van der Waals surface area contributed by atoms with Crippen LogP contribution in [0.15, 0.2) is 4.99 Å². The highest BCUT2D eigenvalue weighted by molar-refractivity contribution is 5.80. The van der Waals surface area contributed by atoms with Crippen LogP contribution in [0.4, 0.5) is 0 Å². The lowest BCUT2D eigenvalue weighted by Gasteiger charge is -2.42. The molecular formula is C22H41N5O. The van der Waals surface area contributed by atoms with Gasteiger partial charge in [-0.2, -0.15) is 0 Å². The number of aliphatic hydroxyl groups excluding tert-OH is 1. The highest BCUT2D eigenvalue weighted by Gasteiger charge is 2.42. The van der Waals surface area contributed by atoms with Crippen LogP contribution in [0, 0.1) is 11.8 Å². The summed E-state index contributed by atoms with van der Waals surface area (Å²) in [6.07, 6.45) is 8.84. The van der Waals surface area contributed by atoms with Crippen molar-refractivity contribution in [3.05, 3.63) is 0 Å². The smallest absolute Gasteiger partial charge is 0.194 e. The van der Waals surface area contributed by atoms with E-state index in [2.05, 4.69) is 26.9 Å². The molecule has 2 aliphatic heterocycles. The Morgan fingerprint density at radius 1 is 1.00 bits per heavy atom. The number of nitrogens with one attached hydrogen (secondary N) is 1. The van der Waals surface area contributed by atoms with Gasteiger partial charge >= 0.3 is 0 Å². The minimum absolute atomic E-state index is 0.0762. The van der Waals surface area contributed by atoms with Crippen molar-refractivity contribution in [2.75, 3.05) is 58.9 Å². The highest BCUT2D eigenvalue weighted by atomic mass is 16.3. The molecule has 160 valence electrons. The molecule has 0 spiro atoms. The number of rotatable bonds is 6. The van der Waals surface area contributed by atoms with Gasteiger partial charge in [0.25, 0.3) is 0 Å². The summed E-state index contributed by atoms with van der Waals surface area (Å²) >= 11 is 0. The van der Waals surface area contributed by atoms with Gasteiger partial charge in [-0.15, -0.1) is 0 Å². The van der Waals surface area contributed by atoms with Crippen molar-refractivity contribution in [3.63, 3.8) is 0 Å². The first-order chi connectivity index (χ1) is 13.7. The Bertz CT molecular complexity index is 511. The number of aliphatic hydroxyl groups is 1. The van der Waals surface area contributed by atoms with Gasteiger partial charge in [0, 0.05) is 58.4 Å². The van der Waals surface area contributed by atoms with E-state index in [-0.39, 0.29) is 6.10 Å². The summed E-state index contributed by atoms with van der Waals surface area (Å²) in [6.45, 7) is 11.8. The Kier molecular flexibility index (Phi) is 7.13. The van der Waals surface area contributed by atoms with Crippen LogP contribution in [0.2, 0.25) is 0 Å². The molecule has 4 fully saturated rings. The average Bonchev–Trinajstić information content (AvgIpc) is 3.35. The predicted molar refractivity (Wildman–Crippen MR) is 115 cm³/mol. The number of piperazine rings is 1. The molecule has 3 unspecified atom stereocenters. The zero-order valence-corrected chi connectivity index (χ0v) is 17.9. The molecule has 4 rings (SSSR count). The molecule has 0 amide bonds. The maximum atomic E-state index is 9.63. The topological polar surface area (TPSA) is 54.3 Å². The van der Waals surface area contributed by atoms with Crippen LogP contribution in [0.25, 0.3) is 0 Å². The Balaban J connectivity index is 1.20. The van der Waals surface area contributed by atoms with E-state index < -0.39 is 0 Å². The third-order valence-electron chi connectivity index (χ3n) is 7.57. The van der Waals surface area contributed by atoms with E-state index in [1.54, 1.807) is 0 Å². The molecule has 2 saturated carbocycles. The van der Waals surface area contributed by atoms with Crippen LogP contribution in [0.3, 0.4) is 0 Å². The molecule has 2 bridgehead atoms. The van der Waals surface area contributed by atoms with Gasteiger partial charge in [0.15, 0.2) is 5.96 Å². The van der Waals surface area contributed by atoms with Crippen molar-refractivity contribution < 1.29 is 5.11 Å². The van der Waals surface area contributed by atoms with Gasteiger partial charge < -0.3 is 20.2 Å². The van der Waals surface area contributed by atoms with Crippen LogP contribution in [-0.4, -0.2) is 96.8 Å².